The van der Waals surface area contributed by atoms with Gasteiger partial charge >= 0.3 is 0 Å². The van der Waals surface area contributed by atoms with Crippen LogP contribution in [0.4, 0.5) is 4.39 Å². The summed E-state index contributed by atoms with van der Waals surface area (Å²) in [7, 11) is 0. The number of H-pyrrole nitrogens is 1. The zero-order chi connectivity index (χ0) is 50.3. The van der Waals surface area contributed by atoms with E-state index < -0.39 is 11.7 Å². The number of hydrogen-bond acceptors (Lipinski definition) is 12. The standard InChI is InChI=1S/C55H67FN12O5/c56-48-12-11-40(29-49-45-9-1-2-10-46(45)54(72)61-60-49)28-47(48)55(73)67-26-24-66(25-27-67)51(69)36-63-18-13-39(14-19-63)32-64-22-20-62(21-23-64)16-5-15-58-53(71)42-7-3-6-41(30-42)43-8-4-17-68(34-43)52(70)37-65-33-44-31-57-38-59-50(44)35-65/h1-3,6-7,9-12,28,30-31,38-39,43H,4-5,8,13-27,29,32-37H2,(H,58,71)(H,61,72)/t43-/m1/s1. The molecule has 0 radical (unpaired) electrons. The topological polar surface area (TPSA) is 175 Å². The van der Waals surface area contributed by atoms with Crippen molar-refractivity contribution in [2.75, 3.05) is 111 Å². The number of aromatic nitrogens is 4. The molecule has 2 N–H and O–H groups in total. The van der Waals surface area contributed by atoms with E-state index in [2.05, 4.69) is 51.1 Å². The maximum absolute atomic E-state index is 15.1. The summed E-state index contributed by atoms with van der Waals surface area (Å²) in [5.41, 5.74) is 4.93. The number of rotatable bonds is 15. The molecule has 1 atom stereocenters. The average Bonchev–Trinajstić information content (AvgIpc) is 3.84. The molecule has 0 saturated carbocycles. The largest absolute Gasteiger partial charge is 0.352 e. The van der Waals surface area contributed by atoms with Gasteiger partial charge in [0.1, 0.15) is 12.1 Å². The summed E-state index contributed by atoms with van der Waals surface area (Å²) in [4.78, 5) is 89.2. The molecule has 73 heavy (non-hydrogen) atoms. The fourth-order valence-electron chi connectivity index (χ4n) is 11.4. The van der Waals surface area contributed by atoms with Crippen LogP contribution >= 0.6 is 0 Å². The van der Waals surface area contributed by atoms with Gasteiger partial charge in [0.2, 0.25) is 11.8 Å². The molecule has 7 heterocycles. The molecule has 0 unspecified atom stereocenters. The second-order valence-electron chi connectivity index (χ2n) is 20.6. The minimum Gasteiger partial charge on any atom is -0.352 e. The smallest absolute Gasteiger partial charge is 0.272 e. The lowest BCUT2D eigenvalue weighted by Gasteiger charge is -2.39. The van der Waals surface area contributed by atoms with Gasteiger partial charge in [-0.1, -0.05) is 36.4 Å². The maximum Gasteiger partial charge on any atom is 0.272 e. The highest BCUT2D eigenvalue weighted by molar-refractivity contribution is 5.95. The Bertz CT molecular complexity index is 2810. The first-order valence-corrected chi connectivity index (χ1v) is 26.2. The van der Waals surface area contributed by atoms with Crippen molar-refractivity contribution >= 4 is 34.4 Å². The Balaban J connectivity index is 0.588. The molecule has 4 amide bonds. The van der Waals surface area contributed by atoms with Crippen molar-refractivity contribution in [1.29, 1.82) is 0 Å². The molecular weight excluding hydrogens is 928 g/mol. The minimum absolute atomic E-state index is 0.00969. The molecule has 0 aliphatic carbocycles. The number of likely N-dealkylation sites (tertiary alicyclic amines) is 2. The predicted octanol–water partition coefficient (Wildman–Crippen LogP) is 3.60. The molecule has 17 nitrogen and oxygen atoms in total. The highest BCUT2D eigenvalue weighted by Crippen LogP contribution is 2.29. The minimum atomic E-state index is -0.594. The molecule has 10 rings (SSSR count). The number of carbonyl (C=O) groups is 4. The normalized spacial score (nSPS) is 19.6. The van der Waals surface area contributed by atoms with Crippen LogP contribution in [0.15, 0.2) is 84.0 Å². The highest BCUT2D eigenvalue weighted by atomic mass is 19.1. The second-order valence-corrected chi connectivity index (χ2v) is 20.6. The molecule has 18 heteroatoms. The van der Waals surface area contributed by atoms with Crippen molar-refractivity contribution in [3.8, 4) is 0 Å². The van der Waals surface area contributed by atoms with Crippen molar-refractivity contribution in [2.24, 2.45) is 5.92 Å². The SMILES string of the molecule is O=C(NCCCN1CCN(CC2CCN(CC(=O)N3CCN(C(=O)c4cc(Cc5n[nH]c(=O)c6ccccc56)ccc4F)CC3)CC2)CC1)c1cccc([C@@H]2CCCN(C(=O)CN3Cc4cncnc4C3)C2)c1. The number of carbonyl (C=O) groups excluding carboxylic acids is 4. The van der Waals surface area contributed by atoms with E-state index in [-0.39, 0.29) is 34.8 Å². The van der Waals surface area contributed by atoms with Crippen LogP contribution in [0.5, 0.6) is 0 Å². The monoisotopic (exact) mass is 995 g/mol. The fraction of sp³-hybridized carbons (Fsp3) is 0.491. The van der Waals surface area contributed by atoms with Crippen LogP contribution in [0, 0.1) is 11.7 Å². The zero-order valence-electron chi connectivity index (χ0n) is 41.7. The molecule has 3 aromatic carbocycles. The lowest BCUT2D eigenvalue weighted by Crippen LogP contribution is -2.53. The Labute approximate surface area is 425 Å². The molecule has 4 fully saturated rings. The van der Waals surface area contributed by atoms with Crippen LogP contribution in [0.25, 0.3) is 10.8 Å². The van der Waals surface area contributed by atoms with Gasteiger partial charge in [-0.15, -0.1) is 0 Å². The Kier molecular flexibility index (Phi) is 15.9. The van der Waals surface area contributed by atoms with E-state index in [1.165, 1.54) is 6.07 Å². The number of halogens is 1. The molecule has 5 aliphatic rings. The number of benzene rings is 3. The number of amides is 4. The third kappa shape index (κ3) is 12.3. The Morgan fingerprint density at radius 1 is 0.726 bits per heavy atom. The fourth-order valence-corrected chi connectivity index (χ4v) is 11.4. The number of piperazine rings is 2. The lowest BCUT2D eigenvalue weighted by molar-refractivity contribution is -0.134. The van der Waals surface area contributed by atoms with Gasteiger partial charge in [0.05, 0.1) is 35.4 Å². The number of piperidine rings is 2. The van der Waals surface area contributed by atoms with Gasteiger partial charge in [0, 0.05) is 127 Å². The Hall–Kier alpha value is -6.47. The van der Waals surface area contributed by atoms with Gasteiger partial charge in [-0.3, -0.25) is 33.8 Å². The number of fused-ring (bicyclic) bond motifs is 2. The van der Waals surface area contributed by atoms with Gasteiger partial charge in [-0.05, 0) is 99.1 Å². The van der Waals surface area contributed by atoms with Gasteiger partial charge < -0.3 is 29.8 Å². The van der Waals surface area contributed by atoms with E-state index in [1.54, 1.807) is 35.5 Å². The number of nitrogens with zero attached hydrogens (tertiary/aromatic N) is 10. The second kappa shape index (κ2) is 23.2. The summed E-state index contributed by atoms with van der Waals surface area (Å²) >= 11 is 0. The van der Waals surface area contributed by atoms with E-state index in [9.17, 15) is 24.0 Å². The first-order chi connectivity index (χ1) is 35.6. The third-order valence-corrected chi connectivity index (χ3v) is 15.7. The van der Waals surface area contributed by atoms with Crippen LogP contribution in [-0.4, -0.2) is 189 Å². The molecule has 2 aromatic heterocycles. The Morgan fingerprint density at radius 2 is 1.48 bits per heavy atom. The van der Waals surface area contributed by atoms with Crippen molar-refractivity contribution in [3.05, 3.63) is 135 Å². The van der Waals surface area contributed by atoms with E-state index in [4.69, 9.17) is 0 Å². The van der Waals surface area contributed by atoms with E-state index in [0.717, 1.165) is 108 Å². The van der Waals surface area contributed by atoms with Gasteiger partial charge in [0.15, 0.2) is 0 Å². The summed E-state index contributed by atoms with van der Waals surface area (Å²) < 4.78 is 15.1. The van der Waals surface area contributed by atoms with Gasteiger partial charge in [0.25, 0.3) is 17.4 Å². The number of nitrogens with one attached hydrogen (secondary N) is 2. The molecule has 0 spiro atoms. The van der Waals surface area contributed by atoms with Crippen molar-refractivity contribution in [3.63, 3.8) is 0 Å². The number of hydrogen-bond donors (Lipinski definition) is 2. The van der Waals surface area contributed by atoms with E-state index in [0.29, 0.717) is 105 Å². The van der Waals surface area contributed by atoms with Gasteiger partial charge in [-0.2, -0.15) is 5.10 Å². The van der Waals surface area contributed by atoms with Crippen LogP contribution in [-0.2, 0) is 29.1 Å². The average molecular weight is 995 g/mol. The van der Waals surface area contributed by atoms with Crippen molar-refractivity contribution in [1.82, 2.24) is 59.8 Å². The van der Waals surface area contributed by atoms with Crippen LogP contribution < -0.4 is 10.9 Å². The molecule has 5 aliphatic heterocycles. The Morgan fingerprint density at radius 3 is 2.29 bits per heavy atom. The van der Waals surface area contributed by atoms with Crippen LogP contribution in [0.1, 0.15) is 86.8 Å². The van der Waals surface area contributed by atoms with E-state index in [1.807, 2.05) is 46.3 Å². The first-order valence-electron chi connectivity index (χ1n) is 26.2. The summed E-state index contributed by atoms with van der Waals surface area (Å²) in [6.45, 7) is 13.5. The molecule has 5 aromatic rings. The molecular formula is C55H67FN12O5. The maximum atomic E-state index is 15.1. The summed E-state index contributed by atoms with van der Waals surface area (Å²) in [6, 6.07) is 19.6. The molecule has 4 saturated heterocycles. The third-order valence-electron chi connectivity index (χ3n) is 15.7. The van der Waals surface area contributed by atoms with Gasteiger partial charge in [-0.25, -0.2) is 19.5 Å². The van der Waals surface area contributed by atoms with Crippen LogP contribution in [0.2, 0.25) is 0 Å². The first kappa shape index (κ1) is 50.1. The van der Waals surface area contributed by atoms with Crippen LogP contribution in [0.3, 0.4) is 0 Å². The highest BCUT2D eigenvalue weighted by Gasteiger charge is 2.31. The number of aromatic amines is 1. The summed E-state index contributed by atoms with van der Waals surface area (Å²) in [6.07, 6.45) is 8.66. The summed E-state index contributed by atoms with van der Waals surface area (Å²) in [5.74, 6) is -0.0379. The zero-order valence-corrected chi connectivity index (χ0v) is 41.7. The van der Waals surface area contributed by atoms with Crippen molar-refractivity contribution in [2.45, 2.75) is 57.5 Å². The van der Waals surface area contributed by atoms with E-state index >= 15 is 4.39 Å². The molecule has 0 bridgehead atoms. The predicted molar refractivity (Wildman–Crippen MR) is 274 cm³/mol. The quantitative estimate of drug-likeness (QED) is 0.146. The summed E-state index contributed by atoms with van der Waals surface area (Å²) in [5, 5.41) is 11.2. The van der Waals surface area contributed by atoms with Crippen molar-refractivity contribution < 1.29 is 23.6 Å². The lowest BCUT2D eigenvalue weighted by atomic mass is 9.89. The molecule has 384 valence electrons.